The maximum atomic E-state index is 4.10. The van der Waals surface area contributed by atoms with Crippen LogP contribution < -0.4 is 5.32 Å². The molecule has 1 heteroatoms. The molecule has 0 aromatic heterocycles. The number of hydrogen-bond donors (Lipinski definition) is 1. The van der Waals surface area contributed by atoms with Crippen LogP contribution in [0.3, 0.4) is 0 Å². The predicted molar refractivity (Wildman–Crippen MR) is 79.8 cm³/mol. The third kappa shape index (κ3) is 2.80. The minimum atomic E-state index is 0.259. The number of hydrogen-bond acceptors (Lipinski definition) is 1. The molecule has 0 spiro atoms. The predicted octanol–water partition coefficient (Wildman–Crippen LogP) is 4.46. The summed E-state index contributed by atoms with van der Waals surface area (Å²) < 4.78 is 0. The first-order valence-corrected chi connectivity index (χ1v) is 6.60. The van der Waals surface area contributed by atoms with Gasteiger partial charge in [-0.15, -0.1) is 0 Å². The van der Waals surface area contributed by atoms with Crippen molar-refractivity contribution in [1.29, 1.82) is 0 Å². The maximum Gasteiger partial charge on any atom is 0.0530 e. The fourth-order valence-corrected chi connectivity index (χ4v) is 2.25. The molecule has 0 aliphatic carbocycles. The number of fused-ring (bicyclic) bond motifs is 1. The molecule has 0 aliphatic rings. The molecular weight excluding hydrogens is 218 g/mol. The fourth-order valence-electron chi connectivity index (χ4n) is 2.25. The highest BCUT2D eigenvalue weighted by atomic mass is 14.9. The summed E-state index contributed by atoms with van der Waals surface area (Å²) in [5.74, 6) is 0. The van der Waals surface area contributed by atoms with Crippen molar-refractivity contribution in [3.8, 4) is 0 Å². The van der Waals surface area contributed by atoms with E-state index in [-0.39, 0.29) is 6.04 Å². The highest BCUT2D eigenvalue weighted by Crippen LogP contribution is 2.24. The molecule has 0 radical (unpaired) electrons. The van der Waals surface area contributed by atoms with Crippen molar-refractivity contribution in [3.63, 3.8) is 0 Å². The molecule has 94 valence electrons. The van der Waals surface area contributed by atoms with Crippen LogP contribution >= 0.6 is 0 Å². The number of nitrogens with one attached hydrogen (secondary N) is 1. The Bertz CT molecular complexity index is 542. The molecule has 1 unspecified atom stereocenters. The Morgan fingerprint density at radius 1 is 1.17 bits per heavy atom. The van der Waals surface area contributed by atoms with Crippen LogP contribution in [0.1, 0.15) is 31.9 Å². The highest BCUT2D eigenvalue weighted by molar-refractivity contribution is 5.83. The van der Waals surface area contributed by atoms with Crippen LogP contribution in [0.2, 0.25) is 0 Å². The number of benzene rings is 2. The molecule has 0 bridgehead atoms. The molecule has 0 saturated heterocycles. The van der Waals surface area contributed by atoms with Crippen molar-refractivity contribution in [3.05, 3.63) is 60.2 Å². The van der Waals surface area contributed by atoms with Crippen molar-refractivity contribution in [1.82, 2.24) is 5.32 Å². The lowest BCUT2D eigenvalue weighted by atomic mass is 9.98. The lowest BCUT2D eigenvalue weighted by Crippen LogP contribution is -2.22. The molecular formula is C17H21N. The van der Waals surface area contributed by atoms with Crippen LogP contribution in [-0.2, 0) is 0 Å². The van der Waals surface area contributed by atoms with E-state index in [1.807, 2.05) is 0 Å². The van der Waals surface area contributed by atoms with Crippen LogP contribution in [-0.4, -0.2) is 6.54 Å². The first-order valence-electron chi connectivity index (χ1n) is 6.60. The second kappa shape index (κ2) is 5.83. The minimum Gasteiger partial charge on any atom is -0.307 e. The zero-order chi connectivity index (χ0) is 13.0. The van der Waals surface area contributed by atoms with Gasteiger partial charge in [-0.3, -0.25) is 0 Å². The SMILES string of the molecule is C=C(C)C(NCCC)c1ccc2ccccc2c1. The Morgan fingerprint density at radius 3 is 2.56 bits per heavy atom. The molecule has 0 amide bonds. The summed E-state index contributed by atoms with van der Waals surface area (Å²) in [5.41, 5.74) is 2.47. The van der Waals surface area contributed by atoms with Gasteiger partial charge in [0.15, 0.2) is 0 Å². The normalized spacial score (nSPS) is 12.6. The van der Waals surface area contributed by atoms with Gasteiger partial charge in [0.05, 0.1) is 6.04 Å². The Kier molecular flexibility index (Phi) is 4.16. The van der Waals surface area contributed by atoms with E-state index in [0.29, 0.717) is 0 Å². The molecule has 2 aromatic carbocycles. The average molecular weight is 239 g/mol. The van der Waals surface area contributed by atoms with Gasteiger partial charge in [0.1, 0.15) is 0 Å². The van der Waals surface area contributed by atoms with Crippen LogP contribution in [0.25, 0.3) is 10.8 Å². The Labute approximate surface area is 110 Å². The molecule has 1 N–H and O–H groups in total. The highest BCUT2D eigenvalue weighted by Gasteiger charge is 2.11. The topological polar surface area (TPSA) is 12.0 Å². The summed E-state index contributed by atoms with van der Waals surface area (Å²) in [4.78, 5) is 0. The van der Waals surface area contributed by atoms with Gasteiger partial charge < -0.3 is 5.32 Å². The molecule has 0 heterocycles. The number of rotatable bonds is 5. The maximum absolute atomic E-state index is 4.10. The van der Waals surface area contributed by atoms with E-state index in [4.69, 9.17) is 0 Å². The zero-order valence-electron chi connectivity index (χ0n) is 11.2. The molecule has 0 saturated carbocycles. The molecule has 1 atom stereocenters. The van der Waals surface area contributed by atoms with Gasteiger partial charge in [-0.25, -0.2) is 0 Å². The van der Waals surface area contributed by atoms with Crippen molar-refractivity contribution < 1.29 is 0 Å². The van der Waals surface area contributed by atoms with Gasteiger partial charge in [-0.05, 0) is 42.3 Å². The zero-order valence-corrected chi connectivity index (χ0v) is 11.2. The largest absolute Gasteiger partial charge is 0.307 e. The Balaban J connectivity index is 2.35. The molecule has 18 heavy (non-hydrogen) atoms. The first kappa shape index (κ1) is 12.8. The van der Waals surface area contributed by atoms with E-state index in [9.17, 15) is 0 Å². The molecule has 0 fully saturated rings. The summed E-state index contributed by atoms with van der Waals surface area (Å²) in [5, 5.41) is 6.13. The summed E-state index contributed by atoms with van der Waals surface area (Å²) in [6.45, 7) is 9.39. The molecule has 1 nitrogen and oxygen atoms in total. The van der Waals surface area contributed by atoms with Gasteiger partial charge in [-0.1, -0.05) is 55.5 Å². The Morgan fingerprint density at radius 2 is 1.89 bits per heavy atom. The molecule has 2 aromatic rings. The second-order valence-electron chi connectivity index (χ2n) is 4.84. The van der Waals surface area contributed by atoms with Gasteiger partial charge in [-0.2, -0.15) is 0 Å². The third-order valence-corrected chi connectivity index (χ3v) is 3.20. The fraction of sp³-hybridized carbons (Fsp3) is 0.294. The van der Waals surface area contributed by atoms with Gasteiger partial charge in [0, 0.05) is 0 Å². The Hall–Kier alpha value is -1.60. The van der Waals surface area contributed by atoms with Crippen LogP contribution in [0.15, 0.2) is 54.6 Å². The van der Waals surface area contributed by atoms with Gasteiger partial charge >= 0.3 is 0 Å². The van der Waals surface area contributed by atoms with Gasteiger partial charge in [0.2, 0.25) is 0 Å². The summed E-state index contributed by atoms with van der Waals surface area (Å²) in [6.07, 6.45) is 1.14. The van der Waals surface area contributed by atoms with Crippen LogP contribution in [0, 0.1) is 0 Å². The minimum absolute atomic E-state index is 0.259. The van der Waals surface area contributed by atoms with E-state index < -0.39 is 0 Å². The summed E-state index contributed by atoms with van der Waals surface area (Å²) in [6, 6.07) is 15.4. The lowest BCUT2D eigenvalue weighted by molar-refractivity contribution is 0.591. The van der Waals surface area contributed by atoms with Crippen molar-refractivity contribution in [2.75, 3.05) is 6.54 Å². The first-order chi connectivity index (χ1) is 8.72. The van der Waals surface area contributed by atoms with Crippen LogP contribution in [0.5, 0.6) is 0 Å². The van der Waals surface area contributed by atoms with Crippen molar-refractivity contribution in [2.45, 2.75) is 26.3 Å². The third-order valence-electron chi connectivity index (χ3n) is 3.20. The standard InChI is InChI=1S/C17H21N/c1-4-11-18-17(13(2)3)16-10-9-14-7-5-6-8-15(14)12-16/h5-10,12,17-18H,2,4,11H2,1,3H3. The summed E-state index contributed by atoms with van der Waals surface area (Å²) in [7, 11) is 0. The van der Waals surface area contributed by atoms with E-state index in [1.165, 1.54) is 21.9 Å². The lowest BCUT2D eigenvalue weighted by Gasteiger charge is -2.19. The van der Waals surface area contributed by atoms with Crippen LogP contribution in [0.4, 0.5) is 0 Å². The van der Waals surface area contributed by atoms with Crippen molar-refractivity contribution in [2.24, 2.45) is 0 Å². The molecule has 2 rings (SSSR count). The monoisotopic (exact) mass is 239 g/mol. The molecule has 0 aliphatic heterocycles. The van der Waals surface area contributed by atoms with E-state index in [2.05, 4.69) is 68.2 Å². The average Bonchev–Trinajstić information content (AvgIpc) is 2.38. The smallest absolute Gasteiger partial charge is 0.0530 e. The summed E-state index contributed by atoms with van der Waals surface area (Å²) >= 11 is 0. The van der Waals surface area contributed by atoms with Crippen molar-refractivity contribution >= 4 is 10.8 Å². The second-order valence-corrected chi connectivity index (χ2v) is 4.84. The van der Waals surface area contributed by atoms with E-state index in [1.54, 1.807) is 0 Å². The van der Waals surface area contributed by atoms with E-state index >= 15 is 0 Å². The van der Waals surface area contributed by atoms with E-state index in [0.717, 1.165) is 13.0 Å². The quantitative estimate of drug-likeness (QED) is 0.760. The van der Waals surface area contributed by atoms with Gasteiger partial charge in [0.25, 0.3) is 0 Å².